The van der Waals surface area contributed by atoms with Gasteiger partial charge < -0.3 is 15.5 Å². The molecule has 0 fully saturated rings. The third-order valence-electron chi connectivity index (χ3n) is 3.66. The monoisotopic (exact) mass is 251 g/mol. The molecule has 0 aliphatic rings. The van der Waals surface area contributed by atoms with Gasteiger partial charge in [0.1, 0.15) is 5.75 Å². The van der Waals surface area contributed by atoms with Crippen molar-refractivity contribution in [2.24, 2.45) is 5.92 Å². The SMILES string of the molecule is CCC(C)C(O)CNCc1cc(C)c(C)cc1O. The first-order valence-corrected chi connectivity index (χ1v) is 6.63. The predicted molar refractivity (Wildman–Crippen MR) is 74.7 cm³/mol. The van der Waals surface area contributed by atoms with Crippen LogP contribution in [0.5, 0.6) is 5.75 Å². The summed E-state index contributed by atoms with van der Waals surface area (Å²) in [5.41, 5.74) is 3.15. The zero-order chi connectivity index (χ0) is 13.7. The lowest BCUT2D eigenvalue weighted by Gasteiger charge is -2.18. The van der Waals surface area contributed by atoms with Crippen molar-refractivity contribution in [2.75, 3.05) is 6.54 Å². The van der Waals surface area contributed by atoms with Crippen LogP contribution in [0.4, 0.5) is 0 Å². The van der Waals surface area contributed by atoms with Crippen LogP contribution in [0.25, 0.3) is 0 Å². The minimum absolute atomic E-state index is 0.297. The van der Waals surface area contributed by atoms with Crippen molar-refractivity contribution in [3.05, 3.63) is 28.8 Å². The average Bonchev–Trinajstić information content (AvgIpc) is 2.34. The Kier molecular flexibility index (Phi) is 5.63. The van der Waals surface area contributed by atoms with Gasteiger partial charge >= 0.3 is 0 Å². The van der Waals surface area contributed by atoms with Crippen LogP contribution in [0.3, 0.4) is 0 Å². The molecule has 1 rings (SSSR count). The van der Waals surface area contributed by atoms with Gasteiger partial charge in [0, 0.05) is 18.7 Å². The summed E-state index contributed by atoms with van der Waals surface area (Å²) in [5.74, 6) is 0.620. The van der Waals surface area contributed by atoms with E-state index in [4.69, 9.17) is 0 Å². The van der Waals surface area contributed by atoms with Gasteiger partial charge in [-0.3, -0.25) is 0 Å². The molecule has 3 heteroatoms. The molecule has 0 aromatic heterocycles. The highest BCUT2D eigenvalue weighted by Gasteiger charge is 2.12. The van der Waals surface area contributed by atoms with Gasteiger partial charge in [-0.2, -0.15) is 0 Å². The molecule has 0 aliphatic carbocycles. The molecular formula is C15H25NO2. The number of phenolic OH excluding ortho intramolecular Hbond substituents is 1. The summed E-state index contributed by atoms with van der Waals surface area (Å²) in [7, 11) is 0. The Balaban J connectivity index is 2.52. The van der Waals surface area contributed by atoms with Crippen molar-refractivity contribution in [3.63, 3.8) is 0 Å². The molecule has 2 atom stereocenters. The number of aliphatic hydroxyl groups is 1. The summed E-state index contributed by atoms with van der Waals surface area (Å²) in [6.07, 6.45) is 0.640. The molecule has 0 heterocycles. The van der Waals surface area contributed by atoms with Gasteiger partial charge in [-0.15, -0.1) is 0 Å². The minimum atomic E-state index is -0.330. The average molecular weight is 251 g/mol. The molecule has 3 nitrogen and oxygen atoms in total. The minimum Gasteiger partial charge on any atom is -0.508 e. The number of nitrogens with one attached hydrogen (secondary N) is 1. The first kappa shape index (κ1) is 15.0. The Bertz CT molecular complexity index is 390. The Morgan fingerprint density at radius 1 is 1.22 bits per heavy atom. The van der Waals surface area contributed by atoms with E-state index in [1.54, 1.807) is 6.07 Å². The number of phenols is 1. The Morgan fingerprint density at radius 3 is 2.44 bits per heavy atom. The molecule has 0 bridgehead atoms. The number of hydrogen-bond acceptors (Lipinski definition) is 3. The smallest absolute Gasteiger partial charge is 0.120 e. The summed E-state index contributed by atoms with van der Waals surface area (Å²) in [4.78, 5) is 0. The molecule has 1 aromatic rings. The van der Waals surface area contributed by atoms with Crippen LogP contribution in [0, 0.1) is 19.8 Å². The van der Waals surface area contributed by atoms with Crippen molar-refractivity contribution in [1.29, 1.82) is 0 Å². The van der Waals surface area contributed by atoms with Gasteiger partial charge in [0.25, 0.3) is 0 Å². The van der Waals surface area contributed by atoms with Crippen LogP contribution in [0.1, 0.15) is 37.0 Å². The third-order valence-corrected chi connectivity index (χ3v) is 3.66. The fourth-order valence-corrected chi connectivity index (χ4v) is 1.83. The van der Waals surface area contributed by atoms with Crippen LogP contribution in [0.2, 0.25) is 0 Å². The van der Waals surface area contributed by atoms with Gasteiger partial charge in [-0.1, -0.05) is 26.3 Å². The van der Waals surface area contributed by atoms with Gasteiger partial charge in [-0.05, 0) is 37.0 Å². The summed E-state index contributed by atoms with van der Waals surface area (Å²) in [6, 6.07) is 3.78. The van der Waals surface area contributed by atoms with E-state index in [1.807, 2.05) is 26.8 Å². The lowest BCUT2D eigenvalue weighted by atomic mass is 10.0. The van der Waals surface area contributed by atoms with Crippen LogP contribution < -0.4 is 5.32 Å². The van der Waals surface area contributed by atoms with E-state index >= 15 is 0 Å². The highest BCUT2D eigenvalue weighted by Crippen LogP contribution is 2.21. The molecule has 1 aromatic carbocycles. The van der Waals surface area contributed by atoms with Crippen molar-refractivity contribution in [1.82, 2.24) is 5.32 Å². The highest BCUT2D eigenvalue weighted by atomic mass is 16.3. The number of rotatable bonds is 6. The Morgan fingerprint density at radius 2 is 1.83 bits per heavy atom. The summed E-state index contributed by atoms with van der Waals surface area (Å²) in [5, 5.41) is 22.9. The standard InChI is InChI=1S/C15H25NO2/c1-5-10(2)15(18)9-16-8-13-6-11(3)12(4)7-14(13)17/h6-7,10,15-18H,5,8-9H2,1-4H3. The van der Waals surface area contributed by atoms with E-state index in [0.29, 0.717) is 24.8 Å². The number of aliphatic hydroxyl groups excluding tert-OH is 1. The summed E-state index contributed by atoms with van der Waals surface area (Å²) in [6.45, 7) is 9.27. The van der Waals surface area contributed by atoms with E-state index < -0.39 is 0 Å². The fourth-order valence-electron chi connectivity index (χ4n) is 1.83. The molecule has 3 N–H and O–H groups in total. The number of aryl methyl sites for hydroxylation is 2. The summed E-state index contributed by atoms with van der Waals surface area (Å²) < 4.78 is 0. The van der Waals surface area contributed by atoms with E-state index in [2.05, 4.69) is 12.2 Å². The maximum atomic E-state index is 9.84. The second kappa shape index (κ2) is 6.76. The van der Waals surface area contributed by atoms with Crippen LogP contribution in [-0.4, -0.2) is 22.9 Å². The van der Waals surface area contributed by atoms with Gasteiger partial charge in [-0.25, -0.2) is 0 Å². The van der Waals surface area contributed by atoms with Crippen LogP contribution >= 0.6 is 0 Å². The molecule has 0 aliphatic heterocycles. The largest absolute Gasteiger partial charge is 0.508 e. The molecule has 0 spiro atoms. The number of benzene rings is 1. The molecule has 0 saturated carbocycles. The van der Waals surface area contributed by atoms with Crippen LogP contribution in [0.15, 0.2) is 12.1 Å². The maximum Gasteiger partial charge on any atom is 0.120 e. The molecular weight excluding hydrogens is 226 g/mol. The molecule has 0 amide bonds. The normalized spacial score (nSPS) is 14.5. The maximum absolute atomic E-state index is 9.84. The Labute approximate surface area is 110 Å². The van der Waals surface area contributed by atoms with Crippen molar-refractivity contribution >= 4 is 0 Å². The third kappa shape index (κ3) is 4.00. The first-order valence-electron chi connectivity index (χ1n) is 6.63. The van der Waals surface area contributed by atoms with E-state index in [0.717, 1.165) is 17.5 Å². The fraction of sp³-hybridized carbons (Fsp3) is 0.600. The zero-order valence-electron chi connectivity index (χ0n) is 11.8. The van der Waals surface area contributed by atoms with E-state index in [9.17, 15) is 10.2 Å². The molecule has 0 saturated heterocycles. The van der Waals surface area contributed by atoms with Crippen molar-refractivity contribution in [2.45, 2.75) is 46.8 Å². The number of hydrogen-bond donors (Lipinski definition) is 3. The first-order chi connectivity index (χ1) is 8.45. The molecule has 0 radical (unpaired) electrons. The van der Waals surface area contributed by atoms with Crippen LogP contribution in [-0.2, 0) is 6.54 Å². The summed E-state index contributed by atoms with van der Waals surface area (Å²) >= 11 is 0. The quantitative estimate of drug-likeness (QED) is 0.728. The topological polar surface area (TPSA) is 52.5 Å². The molecule has 18 heavy (non-hydrogen) atoms. The van der Waals surface area contributed by atoms with Gasteiger partial charge in [0.05, 0.1) is 6.10 Å². The zero-order valence-corrected chi connectivity index (χ0v) is 11.8. The number of aromatic hydroxyl groups is 1. The lowest BCUT2D eigenvalue weighted by molar-refractivity contribution is 0.112. The van der Waals surface area contributed by atoms with Crippen molar-refractivity contribution < 1.29 is 10.2 Å². The van der Waals surface area contributed by atoms with Crippen molar-refractivity contribution in [3.8, 4) is 5.75 Å². The Hall–Kier alpha value is -1.06. The second-order valence-corrected chi connectivity index (χ2v) is 5.15. The van der Waals surface area contributed by atoms with E-state index in [1.165, 1.54) is 5.56 Å². The van der Waals surface area contributed by atoms with E-state index in [-0.39, 0.29) is 6.10 Å². The predicted octanol–water partition coefficient (Wildman–Crippen LogP) is 2.51. The highest BCUT2D eigenvalue weighted by molar-refractivity contribution is 5.40. The van der Waals surface area contributed by atoms with Gasteiger partial charge in [0.2, 0.25) is 0 Å². The lowest BCUT2D eigenvalue weighted by Crippen LogP contribution is -2.31. The second-order valence-electron chi connectivity index (χ2n) is 5.15. The van der Waals surface area contributed by atoms with Gasteiger partial charge in [0.15, 0.2) is 0 Å². The molecule has 2 unspecified atom stereocenters. The molecule has 102 valence electrons.